The van der Waals surface area contributed by atoms with Crippen LogP contribution < -0.4 is 0 Å². The lowest BCUT2D eigenvalue weighted by Crippen LogP contribution is -1.95. The van der Waals surface area contributed by atoms with E-state index in [-0.39, 0.29) is 4.69 Å². The Kier molecular flexibility index (Phi) is 2.45. The molecular formula is C9H9BrO. The second-order valence-corrected chi connectivity index (χ2v) is 3.26. The van der Waals surface area contributed by atoms with Crippen LogP contribution in [-0.4, -0.2) is 4.69 Å². The fraction of sp³-hybridized carbons (Fsp3) is 0.222. The molecule has 0 atom stereocenters. The van der Waals surface area contributed by atoms with Crippen molar-refractivity contribution < 1.29 is 4.79 Å². The zero-order chi connectivity index (χ0) is 8.43. The van der Waals surface area contributed by atoms with Crippen LogP contribution in [0.3, 0.4) is 0 Å². The molecular weight excluding hydrogens is 204 g/mol. The van der Waals surface area contributed by atoms with E-state index in [1.54, 1.807) is 0 Å². The largest absolute Gasteiger partial charge is 0.281 e. The van der Waals surface area contributed by atoms with Crippen LogP contribution in [0.25, 0.3) is 0 Å². The zero-order valence-electron chi connectivity index (χ0n) is 6.52. The third-order valence-corrected chi connectivity index (χ3v) is 2.07. The van der Waals surface area contributed by atoms with Gasteiger partial charge in [-0.2, -0.15) is 0 Å². The molecule has 2 heteroatoms. The maximum Gasteiger partial charge on any atom is 0.228 e. The molecule has 0 amide bonds. The molecule has 1 aromatic carbocycles. The van der Waals surface area contributed by atoms with Crippen molar-refractivity contribution in [3.8, 4) is 0 Å². The van der Waals surface area contributed by atoms with Crippen molar-refractivity contribution in [1.29, 1.82) is 0 Å². The maximum absolute atomic E-state index is 11.0. The minimum absolute atomic E-state index is 0.0342. The number of carbonyl (C=O) groups is 1. The third-order valence-electron chi connectivity index (χ3n) is 1.68. The van der Waals surface area contributed by atoms with Crippen molar-refractivity contribution in [3.63, 3.8) is 0 Å². The highest BCUT2D eigenvalue weighted by atomic mass is 79.9. The van der Waals surface area contributed by atoms with Gasteiger partial charge in [0, 0.05) is 5.56 Å². The van der Waals surface area contributed by atoms with E-state index in [2.05, 4.69) is 15.9 Å². The summed E-state index contributed by atoms with van der Waals surface area (Å²) in [4.78, 5) is 11.0. The van der Waals surface area contributed by atoms with Crippen LogP contribution in [0, 0.1) is 13.8 Å². The molecule has 0 fully saturated rings. The lowest BCUT2D eigenvalue weighted by molar-refractivity contribution is 0.109. The van der Waals surface area contributed by atoms with Crippen LogP contribution in [-0.2, 0) is 0 Å². The average Bonchev–Trinajstić information content (AvgIpc) is 1.85. The van der Waals surface area contributed by atoms with Crippen LogP contribution in [0.2, 0.25) is 0 Å². The summed E-state index contributed by atoms with van der Waals surface area (Å²) in [6.07, 6.45) is 0. The first-order valence-corrected chi connectivity index (χ1v) is 4.18. The van der Waals surface area contributed by atoms with Crippen molar-refractivity contribution in [2.75, 3.05) is 0 Å². The van der Waals surface area contributed by atoms with Crippen molar-refractivity contribution >= 4 is 20.6 Å². The van der Waals surface area contributed by atoms with Gasteiger partial charge in [0.1, 0.15) is 0 Å². The molecule has 0 aromatic heterocycles. The lowest BCUT2D eigenvalue weighted by Gasteiger charge is -2.02. The Bertz CT molecular complexity index is 271. The van der Waals surface area contributed by atoms with E-state index in [0.717, 1.165) is 16.7 Å². The van der Waals surface area contributed by atoms with E-state index in [4.69, 9.17) is 0 Å². The van der Waals surface area contributed by atoms with Crippen LogP contribution in [0.4, 0.5) is 0 Å². The molecule has 58 valence electrons. The molecule has 0 aliphatic rings. The van der Waals surface area contributed by atoms with Crippen molar-refractivity contribution in [1.82, 2.24) is 0 Å². The Morgan fingerprint density at radius 1 is 1.27 bits per heavy atom. The second-order valence-electron chi connectivity index (χ2n) is 2.54. The van der Waals surface area contributed by atoms with Gasteiger partial charge >= 0.3 is 0 Å². The summed E-state index contributed by atoms with van der Waals surface area (Å²) in [5.74, 6) is 0. The minimum Gasteiger partial charge on any atom is -0.281 e. The Morgan fingerprint density at radius 2 is 1.73 bits per heavy atom. The predicted molar refractivity (Wildman–Crippen MR) is 49.2 cm³/mol. The van der Waals surface area contributed by atoms with E-state index < -0.39 is 0 Å². The van der Waals surface area contributed by atoms with E-state index in [1.807, 2.05) is 32.0 Å². The molecule has 0 saturated heterocycles. The van der Waals surface area contributed by atoms with Gasteiger partial charge in [0.05, 0.1) is 0 Å². The monoisotopic (exact) mass is 212 g/mol. The number of rotatable bonds is 1. The molecule has 0 aliphatic carbocycles. The Morgan fingerprint density at radius 3 is 2.00 bits per heavy atom. The molecule has 1 nitrogen and oxygen atoms in total. The van der Waals surface area contributed by atoms with Crippen molar-refractivity contribution in [2.24, 2.45) is 0 Å². The standard InChI is InChI=1S/C9H9BrO/c1-6-4-3-5-7(2)8(6)9(10)11/h3-5H,1-2H3. The molecule has 0 bridgehead atoms. The summed E-state index contributed by atoms with van der Waals surface area (Å²) in [6.45, 7) is 3.86. The third kappa shape index (κ3) is 1.69. The molecule has 0 N–H and O–H groups in total. The van der Waals surface area contributed by atoms with Crippen LogP contribution >= 0.6 is 15.9 Å². The first-order chi connectivity index (χ1) is 5.13. The number of carbonyl (C=O) groups excluding carboxylic acids is 1. The highest BCUT2D eigenvalue weighted by Gasteiger charge is 2.06. The van der Waals surface area contributed by atoms with E-state index >= 15 is 0 Å². The summed E-state index contributed by atoms with van der Waals surface area (Å²) in [6, 6.07) is 5.81. The predicted octanol–water partition coefficient (Wildman–Crippen LogP) is 2.84. The van der Waals surface area contributed by atoms with Crippen molar-refractivity contribution in [3.05, 3.63) is 34.9 Å². The van der Waals surface area contributed by atoms with Gasteiger partial charge in [-0.1, -0.05) is 18.2 Å². The lowest BCUT2D eigenvalue weighted by atomic mass is 10.0. The average molecular weight is 213 g/mol. The summed E-state index contributed by atoms with van der Waals surface area (Å²) in [7, 11) is 0. The Labute approximate surface area is 74.6 Å². The zero-order valence-corrected chi connectivity index (χ0v) is 8.10. The van der Waals surface area contributed by atoms with Gasteiger partial charge in [0.25, 0.3) is 0 Å². The van der Waals surface area contributed by atoms with Gasteiger partial charge in [0.15, 0.2) is 0 Å². The number of hydrogen-bond donors (Lipinski definition) is 0. The molecule has 0 unspecified atom stereocenters. The Balaban J connectivity index is 3.32. The molecule has 1 aromatic rings. The molecule has 1 rings (SSSR count). The van der Waals surface area contributed by atoms with Crippen LogP contribution in [0.1, 0.15) is 21.5 Å². The second kappa shape index (κ2) is 3.18. The molecule has 0 spiro atoms. The van der Waals surface area contributed by atoms with E-state index in [0.29, 0.717) is 0 Å². The molecule has 11 heavy (non-hydrogen) atoms. The topological polar surface area (TPSA) is 17.1 Å². The van der Waals surface area contributed by atoms with E-state index in [1.165, 1.54) is 0 Å². The molecule has 0 aliphatic heterocycles. The highest BCUT2D eigenvalue weighted by molar-refractivity contribution is 9.18. The van der Waals surface area contributed by atoms with Crippen molar-refractivity contribution in [2.45, 2.75) is 13.8 Å². The van der Waals surface area contributed by atoms with E-state index in [9.17, 15) is 4.79 Å². The number of hydrogen-bond acceptors (Lipinski definition) is 1. The first-order valence-electron chi connectivity index (χ1n) is 3.39. The molecule has 0 saturated carbocycles. The van der Waals surface area contributed by atoms with Gasteiger partial charge < -0.3 is 0 Å². The quantitative estimate of drug-likeness (QED) is 0.655. The first kappa shape index (κ1) is 8.47. The Hall–Kier alpha value is -0.630. The summed E-state index contributed by atoms with van der Waals surface area (Å²) in [5.41, 5.74) is 2.83. The number of halogens is 1. The fourth-order valence-corrected chi connectivity index (χ4v) is 1.75. The number of benzene rings is 1. The normalized spacial score (nSPS) is 9.73. The van der Waals surface area contributed by atoms with Crippen LogP contribution in [0.5, 0.6) is 0 Å². The minimum atomic E-state index is -0.0342. The fourth-order valence-electron chi connectivity index (χ4n) is 1.12. The van der Waals surface area contributed by atoms with Gasteiger partial charge in [-0.25, -0.2) is 0 Å². The summed E-state index contributed by atoms with van der Waals surface area (Å²) in [5, 5.41) is 0. The summed E-state index contributed by atoms with van der Waals surface area (Å²) < 4.78 is -0.0342. The molecule has 0 radical (unpaired) electrons. The van der Waals surface area contributed by atoms with Gasteiger partial charge in [0.2, 0.25) is 4.69 Å². The smallest absolute Gasteiger partial charge is 0.228 e. The van der Waals surface area contributed by atoms with Crippen LogP contribution in [0.15, 0.2) is 18.2 Å². The van der Waals surface area contributed by atoms with Gasteiger partial charge in [-0.15, -0.1) is 0 Å². The SMILES string of the molecule is Cc1cccc(C)c1C(=O)Br. The van der Waals surface area contributed by atoms with Gasteiger partial charge in [-0.05, 0) is 40.9 Å². The summed E-state index contributed by atoms with van der Waals surface area (Å²) >= 11 is 2.95. The molecule has 0 heterocycles. The number of aryl methyl sites for hydroxylation is 2. The highest BCUT2D eigenvalue weighted by Crippen LogP contribution is 2.15. The maximum atomic E-state index is 11.0. The van der Waals surface area contributed by atoms with Gasteiger partial charge in [-0.3, -0.25) is 4.79 Å².